The van der Waals surface area contributed by atoms with Crippen molar-refractivity contribution in [3.63, 3.8) is 0 Å². The second-order valence-electron chi connectivity index (χ2n) is 6.96. The Morgan fingerprint density at radius 3 is 2.55 bits per heavy atom. The van der Waals surface area contributed by atoms with Gasteiger partial charge in [-0.25, -0.2) is 9.59 Å². The first kappa shape index (κ1) is 18.7. The number of hydrogen-bond donors (Lipinski definition) is 0. The van der Waals surface area contributed by atoms with Crippen LogP contribution in [-0.4, -0.2) is 19.8 Å². The number of hydrogen-bond acceptors (Lipinski definition) is 6. The van der Waals surface area contributed by atoms with Gasteiger partial charge in [-0.1, -0.05) is 12.1 Å². The van der Waals surface area contributed by atoms with E-state index < -0.39 is 0 Å². The summed E-state index contributed by atoms with van der Waals surface area (Å²) in [6.45, 7) is 5.80. The standard InChI is InChI=1S/C21H20N4O4/c1-12-6-5-7-18(25-21(27)24(4)22-23-25)17(12)11-28-15-8-9-16-13(2)14(3)20(26)29-19(16)10-15/h5-10H,11H2,1-4H3. The zero-order valence-electron chi connectivity index (χ0n) is 16.6. The summed E-state index contributed by atoms with van der Waals surface area (Å²) in [4.78, 5) is 24.2. The Hall–Kier alpha value is -3.68. The molecule has 148 valence electrons. The van der Waals surface area contributed by atoms with Crippen molar-refractivity contribution in [3.05, 3.63) is 79.6 Å². The summed E-state index contributed by atoms with van der Waals surface area (Å²) in [6.07, 6.45) is 0. The summed E-state index contributed by atoms with van der Waals surface area (Å²) >= 11 is 0. The second kappa shape index (κ2) is 7.05. The molecule has 2 aromatic carbocycles. The molecule has 0 unspecified atom stereocenters. The van der Waals surface area contributed by atoms with Crippen molar-refractivity contribution in [2.24, 2.45) is 7.05 Å². The van der Waals surface area contributed by atoms with Gasteiger partial charge < -0.3 is 9.15 Å². The Bertz CT molecular complexity index is 1350. The van der Waals surface area contributed by atoms with E-state index in [2.05, 4.69) is 10.4 Å². The molecule has 0 N–H and O–H groups in total. The molecule has 8 nitrogen and oxygen atoms in total. The van der Waals surface area contributed by atoms with Gasteiger partial charge in [-0.3, -0.25) is 0 Å². The Balaban J connectivity index is 1.70. The predicted octanol–water partition coefficient (Wildman–Crippen LogP) is 2.58. The topological polar surface area (TPSA) is 92.1 Å². The van der Waals surface area contributed by atoms with Gasteiger partial charge in [-0.2, -0.15) is 9.36 Å². The second-order valence-corrected chi connectivity index (χ2v) is 6.96. The van der Waals surface area contributed by atoms with Gasteiger partial charge in [0.25, 0.3) is 0 Å². The maximum absolute atomic E-state index is 12.3. The predicted molar refractivity (Wildman–Crippen MR) is 108 cm³/mol. The molecule has 0 saturated carbocycles. The van der Waals surface area contributed by atoms with E-state index in [0.717, 1.165) is 22.1 Å². The van der Waals surface area contributed by atoms with E-state index in [1.807, 2.05) is 38.1 Å². The molecule has 4 aromatic rings. The number of rotatable bonds is 4. The third kappa shape index (κ3) is 3.22. The van der Waals surface area contributed by atoms with Crippen LogP contribution in [0.4, 0.5) is 0 Å². The van der Waals surface area contributed by atoms with Gasteiger partial charge in [0.2, 0.25) is 0 Å². The minimum Gasteiger partial charge on any atom is -0.489 e. The fraction of sp³-hybridized carbons (Fsp3) is 0.238. The van der Waals surface area contributed by atoms with Gasteiger partial charge >= 0.3 is 11.3 Å². The molecule has 0 amide bonds. The lowest BCUT2D eigenvalue weighted by molar-refractivity contribution is 0.304. The van der Waals surface area contributed by atoms with Gasteiger partial charge in [0.15, 0.2) is 0 Å². The zero-order valence-corrected chi connectivity index (χ0v) is 16.6. The molecule has 8 heteroatoms. The fourth-order valence-corrected chi connectivity index (χ4v) is 3.21. The molecule has 2 aromatic heterocycles. The minimum absolute atomic E-state index is 0.214. The highest BCUT2D eigenvalue weighted by molar-refractivity contribution is 5.82. The van der Waals surface area contributed by atoms with Gasteiger partial charge in [-0.05, 0) is 60.5 Å². The smallest absolute Gasteiger partial charge is 0.368 e. The van der Waals surface area contributed by atoms with Crippen LogP contribution in [-0.2, 0) is 13.7 Å². The molecule has 0 atom stereocenters. The molecule has 0 saturated heterocycles. The van der Waals surface area contributed by atoms with Crippen LogP contribution in [0, 0.1) is 20.8 Å². The maximum atomic E-state index is 12.3. The summed E-state index contributed by atoms with van der Waals surface area (Å²) in [5.74, 6) is 0.560. The van der Waals surface area contributed by atoms with Crippen LogP contribution in [0.1, 0.15) is 22.3 Å². The van der Waals surface area contributed by atoms with Crippen LogP contribution in [0.25, 0.3) is 16.7 Å². The van der Waals surface area contributed by atoms with Gasteiger partial charge in [0.05, 0.1) is 5.69 Å². The molecule has 0 spiro atoms. The molecule has 0 aliphatic rings. The summed E-state index contributed by atoms with van der Waals surface area (Å²) in [6, 6.07) is 11.0. The number of aryl methyl sites for hydroxylation is 3. The number of nitrogens with zero attached hydrogens (tertiary/aromatic N) is 4. The van der Waals surface area contributed by atoms with Crippen molar-refractivity contribution < 1.29 is 9.15 Å². The molecule has 2 heterocycles. The van der Waals surface area contributed by atoms with Crippen LogP contribution in [0.5, 0.6) is 5.75 Å². The average molecular weight is 392 g/mol. The van der Waals surface area contributed by atoms with E-state index in [-0.39, 0.29) is 17.9 Å². The van der Waals surface area contributed by atoms with Crippen molar-refractivity contribution in [2.75, 3.05) is 0 Å². The largest absolute Gasteiger partial charge is 0.489 e. The molecule has 0 fully saturated rings. The van der Waals surface area contributed by atoms with Crippen LogP contribution in [0.2, 0.25) is 0 Å². The zero-order chi connectivity index (χ0) is 20.7. The lowest BCUT2D eigenvalue weighted by Gasteiger charge is -2.13. The molecular weight excluding hydrogens is 372 g/mol. The summed E-state index contributed by atoms with van der Waals surface area (Å²) in [5.41, 5.74) is 3.67. The Morgan fingerprint density at radius 2 is 1.83 bits per heavy atom. The first-order valence-corrected chi connectivity index (χ1v) is 9.11. The van der Waals surface area contributed by atoms with E-state index in [4.69, 9.17) is 9.15 Å². The van der Waals surface area contributed by atoms with Crippen LogP contribution in [0.15, 0.2) is 50.4 Å². The summed E-state index contributed by atoms with van der Waals surface area (Å²) in [5, 5.41) is 8.57. The third-order valence-electron chi connectivity index (χ3n) is 5.15. The molecular formula is C21H20N4O4. The van der Waals surface area contributed by atoms with Gasteiger partial charge in [-0.15, -0.1) is 0 Å². The Labute approximate surface area is 165 Å². The highest BCUT2D eigenvalue weighted by atomic mass is 16.5. The number of aromatic nitrogens is 4. The first-order valence-electron chi connectivity index (χ1n) is 9.11. The molecule has 0 aliphatic carbocycles. The fourth-order valence-electron chi connectivity index (χ4n) is 3.21. The average Bonchev–Trinajstić information content (AvgIpc) is 3.03. The lowest BCUT2D eigenvalue weighted by atomic mass is 10.1. The van der Waals surface area contributed by atoms with E-state index in [0.29, 0.717) is 22.6 Å². The molecule has 4 rings (SSSR count). The minimum atomic E-state index is -0.352. The maximum Gasteiger partial charge on any atom is 0.368 e. The lowest BCUT2D eigenvalue weighted by Crippen LogP contribution is -2.23. The molecule has 0 aliphatic heterocycles. The summed E-state index contributed by atoms with van der Waals surface area (Å²) < 4.78 is 13.8. The van der Waals surface area contributed by atoms with Crippen molar-refractivity contribution in [3.8, 4) is 11.4 Å². The van der Waals surface area contributed by atoms with Crippen molar-refractivity contribution in [1.82, 2.24) is 19.8 Å². The van der Waals surface area contributed by atoms with Crippen molar-refractivity contribution in [2.45, 2.75) is 27.4 Å². The summed E-state index contributed by atoms with van der Waals surface area (Å²) in [7, 11) is 1.55. The SMILES string of the molecule is Cc1cccc(-n2nnn(C)c2=O)c1COc1ccc2c(C)c(C)c(=O)oc2c1. The van der Waals surface area contributed by atoms with Crippen LogP contribution >= 0.6 is 0 Å². The van der Waals surface area contributed by atoms with E-state index in [1.54, 1.807) is 26.1 Å². The van der Waals surface area contributed by atoms with Crippen molar-refractivity contribution >= 4 is 11.0 Å². The first-order chi connectivity index (χ1) is 13.9. The molecule has 0 radical (unpaired) electrons. The van der Waals surface area contributed by atoms with Crippen molar-refractivity contribution in [1.29, 1.82) is 0 Å². The highest BCUT2D eigenvalue weighted by Crippen LogP contribution is 2.25. The highest BCUT2D eigenvalue weighted by Gasteiger charge is 2.14. The quantitative estimate of drug-likeness (QED) is 0.496. The van der Waals surface area contributed by atoms with Crippen LogP contribution in [0.3, 0.4) is 0 Å². The number of tetrazole rings is 1. The Kier molecular flexibility index (Phi) is 4.54. The van der Waals surface area contributed by atoms with Gasteiger partial charge in [0.1, 0.15) is 17.9 Å². The monoisotopic (exact) mass is 392 g/mol. The number of benzene rings is 2. The number of ether oxygens (including phenoxy) is 1. The number of fused-ring (bicyclic) bond motifs is 1. The molecule has 0 bridgehead atoms. The van der Waals surface area contributed by atoms with Crippen LogP contribution < -0.4 is 16.1 Å². The van der Waals surface area contributed by atoms with E-state index in [1.165, 1.54) is 9.36 Å². The van der Waals surface area contributed by atoms with Gasteiger partial charge in [0, 0.05) is 29.6 Å². The normalized spacial score (nSPS) is 11.2. The molecule has 29 heavy (non-hydrogen) atoms. The van der Waals surface area contributed by atoms with E-state index >= 15 is 0 Å². The third-order valence-corrected chi connectivity index (χ3v) is 5.15. The van der Waals surface area contributed by atoms with E-state index in [9.17, 15) is 9.59 Å². The Morgan fingerprint density at radius 1 is 1.03 bits per heavy atom.